The first-order valence-corrected chi connectivity index (χ1v) is 12.5. The molecule has 3 aromatic carbocycles. The van der Waals surface area contributed by atoms with Crippen molar-refractivity contribution in [3.05, 3.63) is 101 Å². The summed E-state index contributed by atoms with van der Waals surface area (Å²) in [7, 11) is 3.26. The minimum Gasteiger partial charge on any atom is -0.497 e. The minimum absolute atomic E-state index is 0.0522. The van der Waals surface area contributed by atoms with E-state index in [0.29, 0.717) is 24.5 Å². The summed E-state index contributed by atoms with van der Waals surface area (Å²) in [6, 6.07) is 25.2. The topological polar surface area (TPSA) is 58.6 Å². The number of hydrogen-bond acceptors (Lipinski definition) is 4. The lowest BCUT2D eigenvalue weighted by Crippen LogP contribution is -2.50. The van der Waals surface area contributed by atoms with Crippen LogP contribution in [0, 0.1) is 6.92 Å². The highest BCUT2D eigenvalue weighted by Gasteiger charge is 2.29. The Bertz CT molecular complexity index is 1050. The molecule has 1 N–H and O–H groups in total. The second-order valence-electron chi connectivity index (χ2n) is 8.17. The average molecular weight is 477 g/mol. The van der Waals surface area contributed by atoms with Gasteiger partial charge in [0.1, 0.15) is 11.8 Å². The van der Waals surface area contributed by atoms with Crippen LogP contribution in [0.25, 0.3) is 0 Å². The maximum absolute atomic E-state index is 13.5. The number of carbonyl (C=O) groups is 2. The molecule has 3 aromatic rings. The van der Waals surface area contributed by atoms with Crippen LogP contribution in [0.4, 0.5) is 0 Å². The zero-order valence-corrected chi connectivity index (χ0v) is 20.8. The first kappa shape index (κ1) is 25.4. The predicted molar refractivity (Wildman–Crippen MR) is 139 cm³/mol. The molecule has 178 valence electrons. The predicted octanol–water partition coefficient (Wildman–Crippen LogP) is 4.62. The van der Waals surface area contributed by atoms with E-state index < -0.39 is 6.04 Å². The zero-order valence-electron chi connectivity index (χ0n) is 20.0. The van der Waals surface area contributed by atoms with Gasteiger partial charge in [0.15, 0.2) is 0 Å². The Morgan fingerprint density at radius 2 is 1.56 bits per heavy atom. The van der Waals surface area contributed by atoms with Crippen LogP contribution in [0.1, 0.15) is 22.3 Å². The number of benzene rings is 3. The summed E-state index contributed by atoms with van der Waals surface area (Å²) in [5.41, 5.74) is 4.30. The van der Waals surface area contributed by atoms with Crippen molar-refractivity contribution in [1.82, 2.24) is 10.2 Å². The summed E-state index contributed by atoms with van der Waals surface area (Å²) in [5.74, 6) is 1.59. The van der Waals surface area contributed by atoms with E-state index in [9.17, 15) is 9.59 Å². The molecule has 0 aliphatic rings. The van der Waals surface area contributed by atoms with E-state index in [1.807, 2.05) is 85.8 Å². The molecule has 0 unspecified atom stereocenters. The summed E-state index contributed by atoms with van der Waals surface area (Å²) < 4.78 is 5.21. The Morgan fingerprint density at radius 3 is 2.18 bits per heavy atom. The summed E-state index contributed by atoms with van der Waals surface area (Å²) in [4.78, 5) is 28.1. The van der Waals surface area contributed by atoms with Crippen LogP contribution in [-0.2, 0) is 28.3 Å². The van der Waals surface area contributed by atoms with Crippen molar-refractivity contribution in [1.29, 1.82) is 0 Å². The maximum atomic E-state index is 13.5. The molecule has 0 spiro atoms. The smallest absolute Gasteiger partial charge is 0.242 e. The van der Waals surface area contributed by atoms with Crippen molar-refractivity contribution in [2.45, 2.75) is 31.7 Å². The lowest BCUT2D eigenvalue weighted by molar-refractivity contribution is -0.139. The van der Waals surface area contributed by atoms with Crippen molar-refractivity contribution >= 4 is 23.6 Å². The summed E-state index contributed by atoms with van der Waals surface area (Å²) in [6.45, 7) is 2.42. The Balaban J connectivity index is 1.77. The third kappa shape index (κ3) is 7.39. The van der Waals surface area contributed by atoms with Gasteiger partial charge in [-0.1, -0.05) is 72.3 Å². The molecule has 2 amide bonds. The Labute approximate surface area is 206 Å². The number of amides is 2. The van der Waals surface area contributed by atoms with E-state index in [-0.39, 0.29) is 11.8 Å². The van der Waals surface area contributed by atoms with Crippen molar-refractivity contribution in [2.75, 3.05) is 19.9 Å². The third-order valence-electron chi connectivity index (χ3n) is 5.64. The number of aryl methyl sites for hydroxylation is 1. The van der Waals surface area contributed by atoms with Gasteiger partial charge in [-0.05, 0) is 35.7 Å². The van der Waals surface area contributed by atoms with Crippen LogP contribution < -0.4 is 10.1 Å². The second-order valence-corrected chi connectivity index (χ2v) is 9.15. The molecule has 1 atom stereocenters. The van der Waals surface area contributed by atoms with Gasteiger partial charge >= 0.3 is 0 Å². The molecule has 0 bridgehead atoms. The van der Waals surface area contributed by atoms with Crippen molar-refractivity contribution in [3.63, 3.8) is 0 Å². The number of ether oxygens (including phenoxy) is 1. The van der Waals surface area contributed by atoms with E-state index in [1.54, 1.807) is 30.8 Å². The molecule has 0 fully saturated rings. The molecule has 0 aromatic heterocycles. The first-order chi connectivity index (χ1) is 16.5. The van der Waals surface area contributed by atoms with Crippen LogP contribution in [-0.4, -0.2) is 42.7 Å². The fourth-order valence-electron chi connectivity index (χ4n) is 3.67. The number of hydrogen-bond donors (Lipinski definition) is 1. The van der Waals surface area contributed by atoms with Gasteiger partial charge in [0, 0.05) is 25.8 Å². The van der Waals surface area contributed by atoms with Gasteiger partial charge in [-0.25, -0.2) is 0 Å². The van der Waals surface area contributed by atoms with Crippen LogP contribution in [0.3, 0.4) is 0 Å². The normalized spacial score (nSPS) is 11.5. The van der Waals surface area contributed by atoms with Crippen molar-refractivity contribution in [3.8, 4) is 5.75 Å². The van der Waals surface area contributed by atoms with E-state index in [2.05, 4.69) is 5.32 Å². The van der Waals surface area contributed by atoms with Gasteiger partial charge in [0.05, 0.1) is 12.9 Å². The fourth-order valence-corrected chi connectivity index (χ4v) is 4.54. The highest BCUT2D eigenvalue weighted by Crippen LogP contribution is 2.20. The molecule has 0 aliphatic carbocycles. The van der Waals surface area contributed by atoms with Crippen LogP contribution in [0.2, 0.25) is 0 Å². The van der Waals surface area contributed by atoms with Gasteiger partial charge in [0.25, 0.3) is 0 Å². The number of methoxy groups -OCH3 is 1. The molecular weight excluding hydrogens is 444 g/mol. The van der Waals surface area contributed by atoms with E-state index in [0.717, 1.165) is 28.0 Å². The number of rotatable bonds is 11. The largest absolute Gasteiger partial charge is 0.497 e. The third-order valence-corrected chi connectivity index (χ3v) is 6.63. The van der Waals surface area contributed by atoms with Gasteiger partial charge in [-0.2, -0.15) is 0 Å². The fraction of sp³-hybridized carbons (Fsp3) is 0.286. The van der Waals surface area contributed by atoms with Gasteiger partial charge in [-0.15, -0.1) is 11.8 Å². The summed E-state index contributed by atoms with van der Waals surface area (Å²) in [5, 5.41) is 2.76. The number of thioether (sulfide) groups is 1. The highest BCUT2D eigenvalue weighted by atomic mass is 32.2. The van der Waals surface area contributed by atoms with Gasteiger partial charge in [0.2, 0.25) is 11.8 Å². The molecular formula is C28H32N2O3S. The molecule has 0 saturated carbocycles. The zero-order chi connectivity index (χ0) is 24.3. The standard InChI is InChI=1S/C28H32N2O3S/c1-21-9-11-23(12-10-21)18-30(26(28(32)29-2)17-22-7-5-4-6-8-22)27(31)20-34-19-24-13-15-25(33-3)16-14-24/h4-16,26H,17-20H2,1-3H3,(H,29,32)/t26-/m0/s1. The molecule has 6 heteroatoms. The Hall–Kier alpha value is -3.25. The number of carbonyl (C=O) groups excluding carboxylic acids is 2. The van der Waals surface area contributed by atoms with Crippen LogP contribution in [0.5, 0.6) is 5.75 Å². The molecule has 0 aliphatic heterocycles. The highest BCUT2D eigenvalue weighted by molar-refractivity contribution is 7.99. The molecule has 0 heterocycles. The molecule has 5 nitrogen and oxygen atoms in total. The van der Waals surface area contributed by atoms with Crippen molar-refractivity contribution < 1.29 is 14.3 Å². The molecule has 34 heavy (non-hydrogen) atoms. The quantitative estimate of drug-likeness (QED) is 0.439. The first-order valence-electron chi connectivity index (χ1n) is 11.3. The Morgan fingerprint density at radius 1 is 0.912 bits per heavy atom. The molecule has 0 radical (unpaired) electrons. The van der Waals surface area contributed by atoms with E-state index >= 15 is 0 Å². The molecule has 3 rings (SSSR count). The lowest BCUT2D eigenvalue weighted by atomic mass is 10.0. The van der Waals surface area contributed by atoms with Crippen molar-refractivity contribution in [2.24, 2.45) is 0 Å². The number of nitrogens with zero attached hydrogens (tertiary/aromatic N) is 1. The average Bonchev–Trinajstić information content (AvgIpc) is 2.87. The molecule has 0 saturated heterocycles. The summed E-state index contributed by atoms with van der Waals surface area (Å²) in [6.07, 6.45) is 0.460. The van der Waals surface area contributed by atoms with Gasteiger partial charge in [-0.3, -0.25) is 9.59 Å². The second kappa shape index (κ2) is 12.8. The lowest BCUT2D eigenvalue weighted by Gasteiger charge is -2.31. The number of nitrogens with one attached hydrogen (secondary N) is 1. The Kier molecular flexibility index (Phi) is 9.59. The van der Waals surface area contributed by atoms with Gasteiger partial charge < -0.3 is 15.0 Å². The monoisotopic (exact) mass is 476 g/mol. The van der Waals surface area contributed by atoms with E-state index in [1.165, 1.54) is 0 Å². The maximum Gasteiger partial charge on any atom is 0.242 e. The SMILES string of the molecule is CNC(=O)[C@H](Cc1ccccc1)N(Cc1ccc(C)cc1)C(=O)CSCc1ccc(OC)cc1. The van der Waals surface area contributed by atoms with Crippen LogP contribution >= 0.6 is 11.8 Å². The van der Waals surface area contributed by atoms with E-state index in [4.69, 9.17) is 4.74 Å². The summed E-state index contributed by atoms with van der Waals surface area (Å²) >= 11 is 1.55. The number of likely N-dealkylation sites (N-methyl/N-ethyl adjacent to an activating group) is 1. The van der Waals surface area contributed by atoms with Crippen LogP contribution in [0.15, 0.2) is 78.9 Å². The minimum atomic E-state index is -0.595.